The first kappa shape index (κ1) is 30.6. The summed E-state index contributed by atoms with van der Waals surface area (Å²) in [4.78, 5) is 29.4. The number of rotatable bonds is 10. The Labute approximate surface area is 269 Å². The van der Waals surface area contributed by atoms with Crippen LogP contribution in [0.15, 0.2) is 72.9 Å². The molecule has 8 N–H and O–H groups in total. The topological polar surface area (TPSA) is 180 Å². The Morgan fingerprint density at radius 2 is 1.52 bits per heavy atom. The van der Waals surface area contributed by atoms with Crippen LogP contribution in [0.4, 0.5) is 11.5 Å². The Kier molecular flexibility index (Phi) is 8.59. The van der Waals surface area contributed by atoms with E-state index in [-0.39, 0.29) is 17.4 Å². The summed E-state index contributed by atoms with van der Waals surface area (Å²) in [7, 11) is 0. The van der Waals surface area contributed by atoms with E-state index >= 15 is 0 Å². The average Bonchev–Trinajstić information content (AvgIpc) is 3.33. The minimum Gasteiger partial charge on any atom is -0.508 e. The minimum atomic E-state index is -1.35. The summed E-state index contributed by atoms with van der Waals surface area (Å²) in [5.74, 6) is 5.70. The molecule has 2 aliphatic heterocycles. The summed E-state index contributed by atoms with van der Waals surface area (Å²) >= 11 is 5.54. The number of hydrazine groups is 1. The van der Waals surface area contributed by atoms with Crippen molar-refractivity contribution in [3.05, 3.63) is 101 Å². The third-order valence-electron chi connectivity index (χ3n) is 7.88. The first-order chi connectivity index (χ1) is 22.3. The van der Waals surface area contributed by atoms with Gasteiger partial charge in [0.2, 0.25) is 0 Å². The first-order valence-electron chi connectivity index (χ1n) is 14.8. The highest BCUT2D eigenvalue weighted by Gasteiger charge is 2.53. The fraction of sp³-hybridized carbons (Fsp3) is 0.212. The molecular formula is C33H32N6O6S. The number of carbonyl (C=O) groups is 2. The van der Waals surface area contributed by atoms with Crippen LogP contribution >= 0.6 is 12.2 Å². The van der Waals surface area contributed by atoms with Crippen LogP contribution in [-0.2, 0) is 10.3 Å². The van der Waals surface area contributed by atoms with Gasteiger partial charge in [0, 0.05) is 53.8 Å². The number of unbranched alkanes of at least 4 members (excludes halogenated alkanes) is 3. The predicted octanol–water partition coefficient (Wildman–Crippen LogP) is 4.62. The second-order valence-electron chi connectivity index (χ2n) is 10.9. The van der Waals surface area contributed by atoms with E-state index in [1.165, 1.54) is 30.5 Å². The summed E-state index contributed by atoms with van der Waals surface area (Å²) in [6, 6.07) is 17.8. The number of hydrogen-bond donors (Lipinski definition) is 7. The zero-order valence-corrected chi connectivity index (χ0v) is 25.4. The van der Waals surface area contributed by atoms with E-state index < -0.39 is 11.6 Å². The quantitative estimate of drug-likeness (QED) is 0.0421. The number of nitrogens with one attached hydrogen (secondary N) is 4. The second-order valence-corrected chi connectivity index (χ2v) is 11.3. The van der Waals surface area contributed by atoms with Crippen LogP contribution < -0.4 is 32.0 Å². The zero-order valence-electron chi connectivity index (χ0n) is 24.6. The van der Waals surface area contributed by atoms with Crippen LogP contribution in [0.5, 0.6) is 23.0 Å². The number of benzene rings is 3. The van der Waals surface area contributed by atoms with Crippen molar-refractivity contribution in [1.29, 1.82) is 0 Å². The van der Waals surface area contributed by atoms with Gasteiger partial charge in [-0.3, -0.25) is 4.79 Å². The lowest BCUT2D eigenvalue weighted by Gasteiger charge is -2.36. The number of phenolic OH excluding ortho intramolecular Hbond substituents is 2. The lowest BCUT2D eigenvalue weighted by atomic mass is 9.77. The fourth-order valence-corrected chi connectivity index (χ4v) is 5.89. The van der Waals surface area contributed by atoms with Gasteiger partial charge in [0.25, 0.3) is 5.91 Å². The summed E-state index contributed by atoms with van der Waals surface area (Å²) in [6.45, 7) is 1.23. The molecule has 2 aliphatic rings. The number of carbonyl (C=O) groups excluding carboxylic acids is 2. The molecule has 3 heterocycles. The lowest BCUT2D eigenvalue weighted by molar-refractivity contribution is 0.0224. The number of aromatic nitrogens is 1. The second kappa shape index (κ2) is 12.9. The third kappa shape index (κ3) is 5.97. The number of thiocarbonyl (C=S) groups is 1. The van der Waals surface area contributed by atoms with Gasteiger partial charge in [-0.15, -0.1) is 0 Å². The SMILES string of the molecule is NNc1ccc(C(=O)NCCCCCCNC(=S)Nc2ccc3c(c2)C2(OC3=O)c3ccc(O)cc3Oc3cc(O)ccc32)cn1. The molecule has 0 saturated heterocycles. The average molecular weight is 641 g/mol. The molecule has 0 atom stereocenters. The molecule has 1 aromatic heterocycles. The van der Waals surface area contributed by atoms with Gasteiger partial charge in [0.05, 0.1) is 11.1 Å². The highest BCUT2D eigenvalue weighted by molar-refractivity contribution is 7.80. The molecule has 0 aliphatic carbocycles. The highest BCUT2D eigenvalue weighted by atomic mass is 32.1. The normalized spacial score (nSPS) is 13.5. The molecule has 0 bridgehead atoms. The van der Waals surface area contributed by atoms with Gasteiger partial charge in [0.1, 0.15) is 28.8 Å². The smallest absolute Gasteiger partial charge is 0.340 e. The minimum absolute atomic E-state index is 0.0124. The van der Waals surface area contributed by atoms with Gasteiger partial charge in [0.15, 0.2) is 10.7 Å². The van der Waals surface area contributed by atoms with Gasteiger partial charge in [-0.1, -0.05) is 12.8 Å². The number of aromatic hydroxyl groups is 2. The monoisotopic (exact) mass is 640 g/mol. The molecule has 0 saturated carbocycles. The van der Waals surface area contributed by atoms with E-state index in [9.17, 15) is 19.8 Å². The molecule has 0 unspecified atom stereocenters. The van der Waals surface area contributed by atoms with Crippen molar-refractivity contribution in [3.63, 3.8) is 0 Å². The van der Waals surface area contributed by atoms with Crippen LogP contribution in [0.3, 0.4) is 0 Å². The van der Waals surface area contributed by atoms with Crippen molar-refractivity contribution >= 4 is 40.7 Å². The largest absolute Gasteiger partial charge is 0.508 e. The van der Waals surface area contributed by atoms with E-state index in [2.05, 4.69) is 26.4 Å². The van der Waals surface area contributed by atoms with Crippen LogP contribution in [0.2, 0.25) is 0 Å². The number of amides is 1. The zero-order chi connectivity index (χ0) is 32.3. The fourth-order valence-electron chi connectivity index (χ4n) is 5.67. The number of nitrogens with zero attached hydrogens (tertiary/aromatic N) is 1. The van der Waals surface area contributed by atoms with E-state index in [0.29, 0.717) is 69.0 Å². The van der Waals surface area contributed by atoms with Crippen LogP contribution in [0, 0.1) is 0 Å². The molecular weight excluding hydrogens is 608 g/mol. The Hall–Kier alpha value is -5.40. The van der Waals surface area contributed by atoms with Crippen LogP contribution in [0.1, 0.15) is 63.1 Å². The maximum Gasteiger partial charge on any atom is 0.340 e. The molecule has 6 rings (SSSR count). The number of nitrogens with two attached hydrogens (primary N) is 1. The predicted molar refractivity (Wildman–Crippen MR) is 175 cm³/mol. The Morgan fingerprint density at radius 3 is 2.15 bits per heavy atom. The van der Waals surface area contributed by atoms with Gasteiger partial charge in [-0.25, -0.2) is 15.6 Å². The standard InChI is InChI=1S/C33H32N6O6S/c34-39-29-12-5-19(18-37-29)30(42)35-13-3-1-2-4-14-36-32(46)38-20-6-9-23-26(15-20)33(45-31(23)43)24-10-7-21(40)16-27(24)44-28-17-22(41)8-11-25(28)33/h5-12,15-18,40-41H,1-4,13-14,34H2,(H,35,42)(H,37,39)(H2,36,38,46). The maximum absolute atomic E-state index is 13.2. The third-order valence-corrected chi connectivity index (χ3v) is 8.13. The lowest BCUT2D eigenvalue weighted by Crippen LogP contribution is -2.33. The van der Waals surface area contributed by atoms with Gasteiger partial charge in [-0.05, 0) is 79.7 Å². The van der Waals surface area contributed by atoms with Gasteiger partial charge < -0.3 is 41.1 Å². The number of fused-ring (bicyclic) bond motifs is 6. The van der Waals surface area contributed by atoms with E-state index in [4.69, 9.17) is 27.5 Å². The van der Waals surface area contributed by atoms with Crippen LogP contribution in [-0.4, -0.2) is 45.3 Å². The van der Waals surface area contributed by atoms with Crippen molar-refractivity contribution in [3.8, 4) is 23.0 Å². The van der Waals surface area contributed by atoms with Crippen LogP contribution in [0.25, 0.3) is 0 Å². The summed E-state index contributed by atoms with van der Waals surface area (Å²) in [5, 5.41) is 30.0. The molecule has 13 heteroatoms. The van der Waals surface area contributed by atoms with E-state index in [1.807, 2.05) is 6.07 Å². The maximum atomic E-state index is 13.2. The van der Waals surface area contributed by atoms with Gasteiger partial charge >= 0.3 is 5.97 Å². The van der Waals surface area contributed by atoms with E-state index in [0.717, 1.165) is 25.7 Å². The molecule has 1 spiro atoms. The van der Waals surface area contributed by atoms with Crippen molar-refractivity contribution in [1.82, 2.24) is 15.6 Å². The molecule has 236 valence electrons. The molecule has 46 heavy (non-hydrogen) atoms. The number of ether oxygens (including phenoxy) is 2. The van der Waals surface area contributed by atoms with Crippen molar-refractivity contribution in [2.24, 2.45) is 5.84 Å². The molecule has 12 nitrogen and oxygen atoms in total. The molecule has 0 fully saturated rings. The first-order valence-corrected chi connectivity index (χ1v) is 15.2. The molecule has 3 aromatic carbocycles. The number of nitrogen functional groups attached to an aromatic ring is 1. The van der Waals surface area contributed by atoms with Gasteiger partial charge in [-0.2, -0.15) is 0 Å². The number of anilines is 2. The number of phenols is 2. The highest BCUT2D eigenvalue weighted by Crippen LogP contribution is 2.57. The summed E-state index contributed by atoms with van der Waals surface area (Å²) in [6.07, 6.45) is 5.11. The molecule has 0 radical (unpaired) electrons. The summed E-state index contributed by atoms with van der Waals surface area (Å²) in [5.41, 5.74) is 4.26. The number of hydrogen-bond acceptors (Lipinski definition) is 10. The van der Waals surface area contributed by atoms with Crippen molar-refractivity contribution < 1.29 is 29.3 Å². The Balaban J connectivity index is 1.04. The number of esters is 1. The summed E-state index contributed by atoms with van der Waals surface area (Å²) < 4.78 is 12.1. The molecule has 1 amide bonds. The van der Waals surface area contributed by atoms with E-state index in [1.54, 1.807) is 36.4 Å². The number of pyridine rings is 1. The molecule has 4 aromatic rings. The van der Waals surface area contributed by atoms with Crippen molar-refractivity contribution in [2.75, 3.05) is 23.8 Å². The van der Waals surface area contributed by atoms with Crippen molar-refractivity contribution in [2.45, 2.75) is 31.3 Å². The Bertz CT molecular complexity index is 1760. The Morgan fingerprint density at radius 1 is 0.848 bits per heavy atom.